The number of nitrogens with two attached hydrogens (primary N) is 1. The van der Waals surface area contributed by atoms with Gasteiger partial charge in [0.25, 0.3) is 0 Å². The average molecular weight is 558 g/mol. The molecule has 2 aliphatic heterocycles. The molecule has 40 heavy (non-hydrogen) atoms. The molecule has 1 saturated heterocycles. The molecule has 1 fully saturated rings. The molecule has 1 aromatic heterocycles. The summed E-state index contributed by atoms with van der Waals surface area (Å²) in [5.74, 6) is 0.532. The highest BCUT2D eigenvalue weighted by Gasteiger charge is 2.47. The molecule has 1 amide bonds. The number of ether oxygens (including phenoxy) is 3. The fraction of sp³-hybridized carbons (Fsp3) is 0.621. The summed E-state index contributed by atoms with van der Waals surface area (Å²) in [4.78, 5) is 34.9. The summed E-state index contributed by atoms with van der Waals surface area (Å²) in [6.07, 6.45) is 8.43. The van der Waals surface area contributed by atoms with Crippen LogP contribution in [0.2, 0.25) is 0 Å². The van der Waals surface area contributed by atoms with Crippen LogP contribution in [0.4, 0.5) is 0 Å². The molecule has 0 radical (unpaired) electrons. The van der Waals surface area contributed by atoms with Gasteiger partial charge in [-0.2, -0.15) is 0 Å². The van der Waals surface area contributed by atoms with Crippen LogP contribution in [-0.2, 0) is 23.1 Å². The van der Waals surface area contributed by atoms with E-state index in [1.807, 2.05) is 34.8 Å². The Hall–Kier alpha value is -3.31. The zero-order valence-electron chi connectivity index (χ0n) is 23.9. The number of aliphatic carboxylic acids is 1. The van der Waals surface area contributed by atoms with Crippen molar-refractivity contribution in [2.45, 2.75) is 57.4 Å². The Labute approximate surface area is 236 Å². The fourth-order valence-electron chi connectivity index (χ4n) is 5.90. The number of amides is 1. The standard InChI is InChI=1S/C29H43N5O6/c1-4-5-12-33(13-7-6-10-30)26(35)18-34-17-21(20-15-23(38-3)28-24(16-20)39-19-40-28)27(29(36)37)22(34)8-9-25-31-11-14-32(25)2/h11,14-16,21-22,27H,4-10,12-13,17-19,30H2,1-3H3,(H,36,37)/t21-,22+,27?/m1/s1. The van der Waals surface area contributed by atoms with Crippen LogP contribution in [-0.4, -0.2) is 89.0 Å². The third-order valence-corrected chi connectivity index (χ3v) is 8.08. The van der Waals surface area contributed by atoms with Crippen LogP contribution in [0, 0.1) is 5.92 Å². The monoisotopic (exact) mass is 557 g/mol. The van der Waals surface area contributed by atoms with Crippen LogP contribution in [0.5, 0.6) is 17.2 Å². The highest BCUT2D eigenvalue weighted by molar-refractivity contribution is 5.79. The van der Waals surface area contributed by atoms with Gasteiger partial charge in [-0.1, -0.05) is 13.3 Å². The Bertz CT molecular complexity index is 1150. The molecule has 1 aromatic carbocycles. The summed E-state index contributed by atoms with van der Waals surface area (Å²) in [5.41, 5.74) is 6.50. The minimum Gasteiger partial charge on any atom is -0.493 e. The van der Waals surface area contributed by atoms with E-state index in [9.17, 15) is 14.7 Å². The number of imidazole rings is 1. The molecule has 0 spiro atoms. The summed E-state index contributed by atoms with van der Waals surface area (Å²) in [6.45, 7) is 4.74. The van der Waals surface area contributed by atoms with E-state index in [4.69, 9.17) is 19.9 Å². The number of fused-ring (bicyclic) bond motifs is 1. The Morgan fingerprint density at radius 2 is 2.02 bits per heavy atom. The van der Waals surface area contributed by atoms with E-state index in [0.717, 1.165) is 37.1 Å². The lowest BCUT2D eigenvalue weighted by Crippen LogP contribution is -2.45. The highest BCUT2D eigenvalue weighted by Crippen LogP contribution is 2.47. The quantitative estimate of drug-likeness (QED) is 0.317. The smallest absolute Gasteiger partial charge is 0.308 e. The molecule has 2 aromatic rings. The summed E-state index contributed by atoms with van der Waals surface area (Å²) in [6, 6.07) is 3.35. The van der Waals surface area contributed by atoms with Crippen LogP contribution < -0.4 is 19.9 Å². The van der Waals surface area contributed by atoms with Gasteiger partial charge in [-0.15, -0.1) is 0 Å². The highest BCUT2D eigenvalue weighted by atomic mass is 16.7. The fourth-order valence-corrected chi connectivity index (χ4v) is 5.90. The first kappa shape index (κ1) is 29.7. The molecule has 0 saturated carbocycles. The second-order valence-electron chi connectivity index (χ2n) is 10.6. The van der Waals surface area contributed by atoms with Crippen molar-refractivity contribution in [2.75, 3.05) is 46.6 Å². The van der Waals surface area contributed by atoms with E-state index < -0.39 is 11.9 Å². The molecule has 2 aliphatic rings. The predicted molar refractivity (Wildman–Crippen MR) is 150 cm³/mol. The van der Waals surface area contributed by atoms with Gasteiger partial charge in [0.05, 0.1) is 19.6 Å². The first-order valence-electron chi connectivity index (χ1n) is 14.3. The van der Waals surface area contributed by atoms with E-state index in [1.54, 1.807) is 13.3 Å². The van der Waals surface area contributed by atoms with Crippen molar-refractivity contribution < 1.29 is 28.9 Å². The molecule has 11 heteroatoms. The zero-order valence-corrected chi connectivity index (χ0v) is 23.9. The first-order chi connectivity index (χ1) is 19.4. The molecule has 3 heterocycles. The Balaban J connectivity index is 1.62. The van der Waals surface area contributed by atoms with Gasteiger partial charge in [0.2, 0.25) is 18.4 Å². The minimum atomic E-state index is -0.882. The van der Waals surface area contributed by atoms with Crippen molar-refractivity contribution in [1.82, 2.24) is 19.4 Å². The molecule has 0 bridgehead atoms. The number of carboxylic acids is 1. The van der Waals surface area contributed by atoms with Gasteiger partial charge >= 0.3 is 5.97 Å². The Morgan fingerprint density at radius 3 is 2.70 bits per heavy atom. The van der Waals surface area contributed by atoms with E-state index in [-0.39, 0.29) is 31.2 Å². The summed E-state index contributed by atoms with van der Waals surface area (Å²) < 4.78 is 18.7. The second kappa shape index (κ2) is 13.8. The van der Waals surface area contributed by atoms with Crippen molar-refractivity contribution in [3.63, 3.8) is 0 Å². The average Bonchev–Trinajstić information content (AvgIpc) is 3.67. The number of hydrogen-bond donors (Lipinski definition) is 2. The van der Waals surface area contributed by atoms with Gasteiger partial charge in [0.15, 0.2) is 11.5 Å². The van der Waals surface area contributed by atoms with Crippen molar-refractivity contribution in [1.29, 1.82) is 0 Å². The Kier molecular flexibility index (Phi) is 10.3. The number of carboxylic acid groups (broad SMARTS) is 1. The summed E-state index contributed by atoms with van der Waals surface area (Å²) in [7, 11) is 3.49. The number of carbonyl (C=O) groups excluding carboxylic acids is 1. The molecule has 11 nitrogen and oxygen atoms in total. The second-order valence-corrected chi connectivity index (χ2v) is 10.6. The number of aryl methyl sites for hydroxylation is 2. The van der Waals surface area contributed by atoms with Gasteiger partial charge < -0.3 is 34.5 Å². The van der Waals surface area contributed by atoms with Gasteiger partial charge in [0, 0.05) is 57.5 Å². The number of rotatable bonds is 15. The van der Waals surface area contributed by atoms with Gasteiger partial charge in [0.1, 0.15) is 5.82 Å². The van der Waals surface area contributed by atoms with Crippen LogP contribution in [0.25, 0.3) is 0 Å². The minimum absolute atomic E-state index is 0.0283. The molecule has 3 N–H and O–H groups in total. The number of unbranched alkanes of at least 4 members (excludes halogenated alkanes) is 2. The lowest BCUT2D eigenvalue weighted by molar-refractivity contribution is -0.143. The molecule has 3 atom stereocenters. The predicted octanol–water partition coefficient (Wildman–Crippen LogP) is 2.63. The molecule has 0 aliphatic carbocycles. The van der Waals surface area contributed by atoms with Gasteiger partial charge in [-0.3, -0.25) is 14.5 Å². The number of likely N-dealkylation sites (tertiary alicyclic amines) is 1. The summed E-state index contributed by atoms with van der Waals surface area (Å²) >= 11 is 0. The van der Waals surface area contributed by atoms with E-state index in [0.29, 0.717) is 56.3 Å². The lowest BCUT2D eigenvalue weighted by atomic mass is 9.83. The lowest BCUT2D eigenvalue weighted by Gasteiger charge is -2.29. The molecular formula is C29H43N5O6. The molecule has 220 valence electrons. The maximum Gasteiger partial charge on any atom is 0.308 e. The van der Waals surface area contributed by atoms with Gasteiger partial charge in [-0.05, 0) is 49.9 Å². The third-order valence-electron chi connectivity index (χ3n) is 8.08. The van der Waals surface area contributed by atoms with E-state index >= 15 is 0 Å². The van der Waals surface area contributed by atoms with Crippen LogP contribution in [0.15, 0.2) is 24.5 Å². The summed E-state index contributed by atoms with van der Waals surface area (Å²) in [5, 5.41) is 10.5. The topological polar surface area (TPSA) is 132 Å². The van der Waals surface area contributed by atoms with E-state index in [2.05, 4.69) is 16.8 Å². The first-order valence-corrected chi connectivity index (χ1v) is 14.3. The largest absolute Gasteiger partial charge is 0.493 e. The number of benzene rings is 1. The van der Waals surface area contributed by atoms with Crippen molar-refractivity contribution in [3.05, 3.63) is 35.9 Å². The van der Waals surface area contributed by atoms with Crippen molar-refractivity contribution >= 4 is 11.9 Å². The maximum atomic E-state index is 13.6. The number of aromatic nitrogens is 2. The van der Waals surface area contributed by atoms with Gasteiger partial charge in [-0.25, -0.2) is 4.98 Å². The number of carbonyl (C=O) groups is 2. The number of hydrogen-bond acceptors (Lipinski definition) is 8. The maximum absolute atomic E-state index is 13.6. The normalized spacial score (nSPS) is 20.1. The van der Waals surface area contributed by atoms with Crippen molar-refractivity contribution in [3.8, 4) is 17.2 Å². The molecular weight excluding hydrogens is 514 g/mol. The van der Waals surface area contributed by atoms with Crippen LogP contribution in [0.1, 0.15) is 56.3 Å². The van der Waals surface area contributed by atoms with E-state index in [1.165, 1.54) is 0 Å². The Morgan fingerprint density at radius 1 is 1.23 bits per heavy atom. The third kappa shape index (κ3) is 6.69. The molecule has 1 unspecified atom stereocenters. The number of methoxy groups -OCH3 is 1. The SMILES string of the molecule is CCCCN(CCCCN)C(=O)CN1C[C@H](c2cc(OC)c3c(c2)OCO3)C(C(=O)O)[C@@H]1CCc1nccn1C. The molecule has 4 rings (SSSR count). The number of nitrogens with zero attached hydrogens (tertiary/aromatic N) is 4. The van der Waals surface area contributed by atoms with Crippen molar-refractivity contribution in [2.24, 2.45) is 18.7 Å². The van der Waals surface area contributed by atoms with Crippen LogP contribution in [0.3, 0.4) is 0 Å². The van der Waals surface area contributed by atoms with Crippen LogP contribution >= 0.6 is 0 Å². The zero-order chi connectivity index (χ0) is 28.6.